The van der Waals surface area contributed by atoms with Crippen molar-refractivity contribution in [3.05, 3.63) is 34.9 Å². The molecule has 0 saturated carbocycles. The van der Waals surface area contributed by atoms with Crippen LogP contribution in [0.2, 0.25) is 0 Å². The van der Waals surface area contributed by atoms with E-state index in [9.17, 15) is 18.0 Å². The molecular weight excluding hydrogens is 285 g/mol. The first kappa shape index (κ1) is 15.3. The first-order valence-electron chi connectivity index (χ1n) is 6.49. The Labute approximate surface area is 119 Å². The Morgan fingerprint density at radius 1 is 1.24 bits per heavy atom. The largest absolute Gasteiger partial charge is 0.416 e. The van der Waals surface area contributed by atoms with E-state index in [0.29, 0.717) is 37.2 Å². The second-order valence-corrected chi connectivity index (χ2v) is 5.04. The lowest BCUT2D eigenvalue weighted by molar-refractivity contribution is -0.137. The zero-order chi connectivity index (χ0) is 15.6. The van der Waals surface area contributed by atoms with Gasteiger partial charge in [0, 0.05) is 31.5 Å². The van der Waals surface area contributed by atoms with Crippen LogP contribution in [0, 0.1) is 6.92 Å². The van der Waals surface area contributed by atoms with E-state index in [2.05, 4.69) is 5.16 Å². The summed E-state index contributed by atoms with van der Waals surface area (Å²) in [7, 11) is 0. The average Bonchev–Trinajstić information content (AvgIpc) is 2.45. The van der Waals surface area contributed by atoms with Gasteiger partial charge >= 0.3 is 6.18 Å². The predicted octanol–water partition coefficient (Wildman–Crippen LogP) is 3.08. The fourth-order valence-electron chi connectivity index (χ4n) is 2.32. The molecule has 0 aromatic heterocycles. The zero-order valence-corrected chi connectivity index (χ0v) is 11.4. The number of carbonyl (C=O) groups excluding carboxylic acids is 1. The van der Waals surface area contributed by atoms with E-state index in [1.165, 1.54) is 17.9 Å². The maximum atomic E-state index is 12.8. The SMILES string of the molecule is Cc1cc(C(=O)N2CCC(=NO)CC2)cc(C(F)(F)F)c1. The highest BCUT2D eigenvalue weighted by atomic mass is 19.4. The molecule has 21 heavy (non-hydrogen) atoms. The number of rotatable bonds is 1. The van der Waals surface area contributed by atoms with Gasteiger partial charge in [0.1, 0.15) is 0 Å². The fraction of sp³-hybridized carbons (Fsp3) is 0.429. The molecule has 0 unspecified atom stereocenters. The topological polar surface area (TPSA) is 52.9 Å². The molecule has 1 aromatic carbocycles. The van der Waals surface area contributed by atoms with Crippen LogP contribution in [0.5, 0.6) is 0 Å². The molecule has 0 bridgehead atoms. The van der Waals surface area contributed by atoms with Gasteiger partial charge < -0.3 is 10.1 Å². The molecule has 1 N–H and O–H groups in total. The molecule has 0 radical (unpaired) electrons. The van der Waals surface area contributed by atoms with E-state index < -0.39 is 17.6 Å². The molecule has 0 spiro atoms. The van der Waals surface area contributed by atoms with Crippen molar-refractivity contribution in [2.75, 3.05) is 13.1 Å². The maximum absolute atomic E-state index is 12.8. The number of hydrogen-bond donors (Lipinski definition) is 1. The summed E-state index contributed by atoms with van der Waals surface area (Å²) in [5, 5.41) is 11.8. The van der Waals surface area contributed by atoms with Crippen molar-refractivity contribution in [3.8, 4) is 0 Å². The van der Waals surface area contributed by atoms with Crippen molar-refractivity contribution in [1.29, 1.82) is 0 Å². The average molecular weight is 300 g/mol. The minimum Gasteiger partial charge on any atom is -0.411 e. The monoisotopic (exact) mass is 300 g/mol. The summed E-state index contributed by atoms with van der Waals surface area (Å²) >= 11 is 0. The minimum atomic E-state index is -4.47. The second-order valence-electron chi connectivity index (χ2n) is 5.04. The van der Waals surface area contributed by atoms with Crippen molar-refractivity contribution < 1.29 is 23.2 Å². The molecule has 1 aliphatic heterocycles. The van der Waals surface area contributed by atoms with Gasteiger partial charge in [0.25, 0.3) is 5.91 Å². The second kappa shape index (κ2) is 5.75. The normalized spacial score (nSPS) is 16.0. The number of piperidine rings is 1. The fourth-order valence-corrected chi connectivity index (χ4v) is 2.32. The summed E-state index contributed by atoms with van der Waals surface area (Å²) in [5.41, 5.74) is 0.203. The number of nitrogens with zero attached hydrogens (tertiary/aromatic N) is 2. The third kappa shape index (κ3) is 3.53. The molecule has 1 aliphatic rings. The third-order valence-corrected chi connectivity index (χ3v) is 3.42. The smallest absolute Gasteiger partial charge is 0.411 e. The Bertz CT molecular complexity index is 572. The van der Waals surface area contributed by atoms with E-state index >= 15 is 0 Å². The van der Waals surface area contributed by atoms with E-state index in [4.69, 9.17) is 5.21 Å². The van der Waals surface area contributed by atoms with Gasteiger partial charge in [-0.05, 0) is 30.7 Å². The highest BCUT2D eigenvalue weighted by molar-refractivity contribution is 5.96. The van der Waals surface area contributed by atoms with Gasteiger partial charge in [-0.25, -0.2) is 0 Å². The molecule has 0 aliphatic carbocycles. The van der Waals surface area contributed by atoms with Crippen LogP contribution in [0.25, 0.3) is 0 Å². The van der Waals surface area contributed by atoms with Crippen molar-refractivity contribution in [3.63, 3.8) is 0 Å². The molecule has 1 fully saturated rings. The minimum absolute atomic E-state index is 0.0340. The van der Waals surface area contributed by atoms with E-state index in [1.54, 1.807) is 0 Å². The summed E-state index contributed by atoms with van der Waals surface area (Å²) < 4.78 is 38.3. The Balaban J connectivity index is 2.22. The van der Waals surface area contributed by atoms with Gasteiger partial charge in [-0.2, -0.15) is 13.2 Å². The first-order valence-corrected chi connectivity index (χ1v) is 6.49. The number of alkyl halides is 3. The zero-order valence-electron chi connectivity index (χ0n) is 11.4. The van der Waals surface area contributed by atoms with Crippen LogP contribution in [-0.2, 0) is 6.18 Å². The lowest BCUT2D eigenvalue weighted by Gasteiger charge is -2.27. The summed E-state index contributed by atoms with van der Waals surface area (Å²) in [5.74, 6) is -0.429. The lowest BCUT2D eigenvalue weighted by atomic mass is 10.0. The number of likely N-dealkylation sites (tertiary alicyclic amines) is 1. The molecule has 2 rings (SSSR count). The van der Waals surface area contributed by atoms with Crippen molar-refractivity contribution in [2.45, 2.75) is 25.9 Å². The standard InChI is InChI=1S/C14H15F3N2O2/c1-9-6-10(8-11(7-9)14(15,16)17)13(20)19-4-2-12(18-21)3-5-19/h6-8,21H,2-5H2,1H3. The van der Waals surface area contributed by atoms with E-state index in [1.807, 2.05) is 0 Å². The predicted molar refractivity (Wildman–Crippen MR) is 70.5 cm³/mol. The molecule has 7 heteroatoms. The van der Waals surface area contributed by atoms with Gasteiger partial charge in [0.2, 0.25) is 0 Å². The van der Waals surface area contributed by atoms with Crippen LogP contribution >= 0.6 is 0 Å². The van der Waals surface area contributed by atoms with Crippen LogP contribution in [0.1, 0.15) is 34.3 Å². The molecule has 1 heterocycles. The summed E-state index contributed by atoms with van der Waals surface area (Å²) in [6.45, 7) is 2.21. The third-order valence-electron chi connectivity index (χ3n) is 3.42. The highest BCUT2D eigenvalue weighted by Crippen LogP contribution is 2.31. The lowest BCUT2D eigenvalue weighted by Crippen LogP contribution is -2.38. The van der Waals surface area contributed by atoms with Gasteiger partial charge in [0.15, 0.2) is 0 Å². The van der Waals surface area contributed by atoms with Crippen molar-refractivity contribution in [1.82, 2.24) is 4.90 Å². The van der Waals surface area contributed by atoms with Crippen molar-refractivity contribution in [2.24, 2.45) is 5.16 Å². The van der Waals surface area contributed by atoms with Gasteiger partial charge in [-0.1, -0.05) is 5.16 Å². The number of hydrogen-bond acceptors (Lipinski definition) is 3. The maximum Gasteiger partial charge on any atom is 0.416 e. The number of benzene rings is 1. The van der Waals surface area contributed by atoms with Crippen LogP contribution in [0.15, 0.2) is 23.4 Å². The molecule has 0 atom stereocenters. The first-order chi connectivity index (χ1) is 9.81. The summed E-state index contributed by atoms with van der Waals surface area (Å²) in [6.07, 6.45) is -3.61. The quantitative estimate of drug-likeness (QED) is 0.640. The van der Waals surface area contributed by atoms with Gasteiger partial charge in [-0.15, -0.1) is 0 Å². The number of oxime groups is 1. The van der Waals surface area contributed by atoms with E-state index in [0.717, 1.165) is 12.1 Å². The number of carbonyl (C=O) groups is 1. The Hall–Kier alpha value is -2.05. The number of amides is 1. The Morgan fingerprint density at radius 2 is 1.86 bits per heavy atom. The van der Waals surface area contributed by atoms with Crippen molar-refractivity contribution >= 4 is 11.6 Å². The Morgan fingerprint density at radius 3 is 2.38 bits per heavy atom. The molecule has 1 saturated heterocycles. The molecule has 4 nitrogen and oxygen atoms in total. The molecule has 1 aromatic rings. The van der Waals surface area contributed by atoms with Crippen LogP contribution < -0.4 is 0 Å². The summed E-state index contributed by atoms with van der Waals surface area (Å²) in [4.78, 5) is 13.8. The number of aryl methyl sites for hydroxylation is 1. The van der Waals surface area contributed by atoms with Crippen LogP contribution in [0.3, 0.4) is 0 Å². The van der Waals surface area contributed by atoms with Crippen LogP contribution in [0.4, 0.5) is 13.2 Å². The summed E-state index contributed by atoms with van der Waals surface area (Å²) in [6, 6.07) is 3.35. The van der Waals surface area contributed by atoms with Crippen LogP contribution in [-0.4, -0.2) is 34.8 Å². The highest BCUT2D eigenvalue weighted by Gasteiger charge is 2.32. The number of halogens is 3. The van der Waals surface area contributed by atoms with E-state index in [-0.39, 0.29) is 5.56 Å². The van der Waals surface area contributed by atoms with Gasteiger partial charge in [-0.3, -0.25) is 4.79 Å². The van der Waals surface area contributed by atoms with Gasteiger partial charge in [0.05, 0.1) is 11.3 Å². The molecular formula is C14H15F3N2O2. The molecule has 1 amide bonds. The molecule has 114 valence electrons. The Kier molecular flexibility index (Phi) is 4.20.